The highest BCUT2D eigenvalue weighted by atomic mass is 32.1. The number of nitrogens with zero attached hydrogens (tertiary/aromatic N) is 2. The van der Waals surface area contributed by atoms with E-state index in [4.69, 9.17) is 5.73 Å². The predicted molar refractivity (Wildman–Crippen MR) is 58.3 cm³/mol. The van der Waals surface area contributed by atoms with Crippen LogP contribution in [-0.4, -0.2) is 26.6 Å². The van der Waals surface area contributed by atoms with E-state index in [1.54, 1.807) is 0 Å². The van der Waals surface area contributed by atoms with Crippen LogP contribution in [0.25, 0.3) is 0 Å². The number of aromatic nitrogens is 2. The van der Waals surface area contributed by atoms with Crippen LogP contribution in [0.5, 0.6) is 0 Å². The Labute approximate surface area is 87.5 Å². The van der Waals surface area contributed by atoms with Gasteiger partial charge in [-0.15, -0.1) is 0 Å². The largest absolute Gasteiger partial charge is 0.394 e. The molecule has 0 unspecified atom stereocenters. The van der Waals surface area contributed by atoms with Crippen LogP contribution in [0, 0.1) is 0 Å². The molecule has 4 N–H and O–H groups in total. The maximum Gasteiger partial charge on any atom is 0.233 e. The standard InChI is InChI=1S/C8H16N4OS/c1-3-8(4-2,5-13)11-7-10-6(9)12-14-7/h13H,3-5H2,1-2H3,(H3,9,10,11,12). The maximum atomic E-state index is 9.31. The molecule has 14 heavy (non-hydrogen) atoms. The van der Waals surface area contributed by atoms with Crippen LogP contribution in [0.15, 0.2) is 0 Å². The smallest absolute Gasteiger partial charge is 0.233 e. The number of nitrogens with one attached hydrogen (secondary N) is 1. The number of aliphatic hydroxyl groups is 1. The molecule has 0 radical (unpaired) electrons. The van der Waals surface area contributed by atoms with Gasteiger partial charge in [0.25, 0.3) is 0 Å². The van der Waals surface area contributed by atoms with Gasteiger partial charge >= 0.3 is 0 Å². The van der Waals surface area contributed by atoms with E-state index in [-0.39, 0.29) is 18.1 Å². The number of nitrogen functional groups attached to an aromatic ring is 1. The number of hydrogen-bond donors (Lipinski definition) is 3. The molecule has 0 saturated heterocycles. The zero-order valence-corrected chi connectivity index (χ0v) is 9.27. The summed E-state index contributed by atoms with van der Waals surface area (Å²) in [5, 5.41) is 13.2. The Kier molecular flexibility index (Phi) is 3.65. The summed E-state index contributed by atoms with van der Waals surface area (Å²) >= 11 is 1.21. The van der Waals surface area contributed by atoms with E-state index in [1.165, 1.54) is 11.5 Å². The minimum Gasteiger partial charge on any atom is -0.394 e. The van der Waals surface area contributed by atoms with E-state index in [0.717, 1.165) is 12.8 Å². The molecule has 0 aliphatic carbocycles. The van der Waals surface area contributed by atoms with Gasteiger partial charge in [-0.1, -0.05) is 13.8 Å². The number of nitrogens with two attached hydrogens (primary N) is 1. The quantitative estimate of drug-likeness (QED) is 0.686. The second kappa shape index (κ2) is 4.56. The zero-order valence-electron chi connectivity index (χ0n) is 8.45. The highest BCUT2D eigenvalue weighted by Crippen LogP contribution is 2.23. The van der Waals surface area contributed by atoms with Crippen molar-refractivity contribution in [1.29, 1.82) is 0 Å². The van der Waals surface area contributed by atoms with Gasteiger partial charge in [0, 0.05) is 11.5 Å². The molecule has 0 saturated carbocycles. The van der Waals surface area contributed by atoms with E-state index < -0.39 is 0 Å². The van der Waals surface area contributed by atoms with Crippen LogP contribution < -0.4 is 11.1 Å². The summed E-state index contributed by atoms with van der Waals surface area (Å²) in [7, 11) is 0. The fourth-order valence-electron chi connectivity index (χ4n) is 1.20. The molecular weight excluding hydrogens is 200 g/mol. The first kappa shape index (κ1) is 11.2. The Morgan fingerprint density at radius 3 is 2.50 bits per heavy atom. The third kappa shape index (κ3) is 2.33. The molecule has 1 aromatic rings. The molecule has 5 nitrogen and oxygen atoms in total. The van der Waals surface area contributed by atoms with Crippen molar-refractivity contribution in [3.63, 3.8) is 0 Å². The Hall–Kier alpha value is -0.880. The summed E-state index contributed by atoms with van der Waals surface area (Å²) < 4.78 is 3.87. The minimum atomic E-state index is -0.300. The first-order chi connectivity index (χ1) is 6.65. The first-order valence-corrected chi connectivity index (χ1v) is 5.41. The SMILES string of the molecule is CCC(CC)(CO)Nc1nc(N)ns1. The Morgan fingerprint density at radius 1 is 1.50 bits per heavy atom. The molecule has 1 aromatic heterocycles. The van der Waals surface area contributed by atoms with Gasteiger partial charge in [-0.3, -0.25) is 0 Å². The number of rotatable bonds is 5. The van der Waals surface area contributed by atoms with Gasteiger partial charge in [0.05, 0.1) is 12.1 Å². The highest BCUT2D eigenvalue weighted by Gasteiger charge is 2.25. The van der Waals surface area contributed by atoms with Gasteiger partial charge in [-0.2, -0.15) is 9.36 Å². The van der Waals surface area contributed by atoms with Crippen molar-refractivity contribution >= 4 is 22.6 Å². The van der Waals surface area contributed by atoms with Crippen molar-refractivity contribution < 1.29 is 5.11 Å². The molecule has 0 atom stereocenters. The summed E-state index contributed by atoms with van der Waals surface area (Å²) in [6.45, 7) is 4.13. The van der Waals surface area contributed by atoms with E-state index in [2.05, 4.69) is 14.7 Å². The van der Waals surface area contributed by atoms with E-state index >= 15 is 0 Å². The predicted octanol–water partition coefficient (Wildman–Crippen LogP) is 1.08. The van der Waals surface area contributed by atoms with Crippen LogP contribution in [0.1, 0.15) is 26.7 Å². The monoisotopic (exact) mass is 216 g/mol. The summed E-state index contributed by atoms with van der Waals surface area (Å²) in [6.07, 6.45) is 1.67. The summed E-state index contributed by atoms with van der Waals surface area (Å²) in [5.41, 5.74) is 5.11. The van der Waals surface area contributed by atoms with Gasteiger partial charge in [-0.25, -0.2) is 0 Å². The molecule has 1 rings (SSSR count). The third-order valence-electron chi connectivity index (χ3n) is 2.47. The molecule has 0 fully saturated rings. The fraction of sp³-hybridized carbons (Fsp3) is 0.750. The van der Waals surface area contributed by atoms with E-state index in [9.17, 15) is 5.11 Å². The van der Waals surface area contributed by atoms with E-state index in [1.807, 2.05) is 13.8 Å². The molecule has 0 aliphatic rings. The normalized spacial score (nSPS) is 11.6. The molecule has 0 aliphatic heterocycles. The van der Waals surface area contributed by atoms with Crippen molar-refractivity contribution in [1.82, 2.24) is 9.36 Å². The van der Waals surface area contributed by atoms with Crippen LogP contribution in [0.2, 0.25) is 0 Å². The van der Waals surface area contributed by atoms with Crippen molar-refractivity contribution in [3.8, 4) is 0 Å². The fourth-order valence-corrected chi connectivity index (χ4v) is 1.82. The van der Waals surface area contributed by atoms with Gasteiger partial charge < -0.3 is 16.2 Å². The lowest BCUT2D eigenvalue weighted by molar-refractivity contribution is 0.202. The van der Waals surface area contributed by atoms with Crippen molar-refractivity contribution in [3.05, 3.63) is 0 Å². The summed E-state index contributed by atoms with van der Waals surface area (Å²) in [6, 6.07) is 0. The van der Waals surface area contributed by atoms with Crippen LogP contribution in [-0.2, 0) is 0 Å². The summed E-state index contributed by atoms with van der Waals surface area (Å²) in [5.74, 6) is 0.275. The molecule has 0 aromatic carbocycles. The van der Waals surface area contributed by atoms with Crippen LogP contribution in [0.3, 0.4) is 0 Å². The number of anilines is 2. The molecule has 1 heterocycles. The molecular formula is C8H16N4OS. The number of aliphatic hydroxyl groups excluding tert-OH is 1. The zero-order chi connectivity index (χ0) is 10.6. The molecule has 80 valence electrons. The van der Waals surface area contributed by atoms with E-state index in [0.29, 0.717) is 5.13 Å². The second-order valence-corrected chi connectivity index (χ2v) is 3.98. The highest BCUT2D eigenvalue weighted by molar-refractivity contribution is 7.09. The Morgan fingerprint density at radius 2 is 2.14 bits per heavy atom. The van der Waals surface area contributed by atoms with Crippen molar-refractivity contribution in [2.45, 2.75) is 32.2 Å². The Balaban J connectivity index is 2.73. The molecule has 0 amide bonds. The van der Waals surface area contributed by atoms with Gasteiger partial charge in [0.1, 0.15) is 0 Å². The minimum absolute atomic E-state index is 0.0828. The van der Waals surface area contributed by atoms with Gasteiger partial charge in [0.2, 0.25) is 11.1 Å². The van der Waals surface area contributed by atoms with Gasteiger partial charge in [0.15, 0.2) is 0 Å². The third-order valence-corrected chi connectivity index (χ3v) is 3.11. The van der Waals surface area contributed by atoms with Crippen LogP contribution >= 0.6 is 11.5 Å². The van der Waals surface area contributed by atoms with Gasteiger partial charge in [-0.05, 0) is 12.8 Å². The first-order valence-electron chi connectivity index (χ1n) is 4.64. The second-order valence-electron chi connectivity index (χ2n) is 3.23. The lowest BCUT2D eigenvalue weighted by atomic mass is 9.94. The average molecular weight is 216 g/mol. The molecule has 0 spiro atoms. The topological polar surface area (TPSA) is 84.1 Å². The lowest BCUT2D eigenvalue weighted by Crippen LogP contribution is -2.40. The lowest BCUT2D eigenvalue weighted by Gasteiger charge is -2.30. The maximum absolute atomic E-state index is 9.31. The molecule has 0 bridgehead atoms. The molecule has 6 heteroatoms. The number of hydrogen-bond acceptors (Lipinski definition) is 6. The van der Waals surface area contributed by atoms with Crippen molar-refractivity contribution in [2.75, 3.05) is 17.7 Å². The Bertz CT molecular complexity index is 276. The van der Waals surface area contributed by atoms with Crippen molar-refractivity contribution in [2.24, 2.45) is 0 Å². The average Bonchev–Trinajstić information content (AvgIpc) is 2.61. The van der Waals surface area contributed by atoms with Crippen LogP contribution in [0.4, 0.5) is 11.1 Å². The summed E-state index contributed by atoms with van der Waals surface area (Å²) in [4.78, 5) is 4.00.